The molecule has 0 spiro atoms. The molecule has 1 atom stereocenters. The number of hydrogen-bond donors (Lipinski definition) is 0. The summed E-state index contributed by atoms with van der Waals surface area (Å²) >= 11 is 0. The highest BCUT2D eigenvalue weighted by Crippen LogP contribution is 2.57. The van der Waals surface area contributed by atoms with E-state index in [4.69, 9.17) is 0 Å². The van der Waals surface area contributed by atoms with Gasteiger partial charge in [0.05, 0.1) is 0 Å². The van der Waals surface area contributed by atoms with Crippen LogP contribution >= 0.6 is 0 Å². The van der Waals surface area contributed by atoms with Crippen molar-refractivity contribution in [1.82, 2.24) is 0 Å². The molecule has 0 saturated heterocycles. The quantitative estimate of drug-likeness (QED) is 0.334. The van der Waals surface area contributed by atoms with Gasteiger partial charge in [0.1, 0.15) is 0 Å². The van der Waals surface area contributed by atoms with Gasteiger partial charge in [-0.15, -0.1) is 0 Å². The van der Waals surface area contributed by atoms with E-state index in [9.17, 15) is 0 Å². The molecule has 0 bridgehead atoms. The summed E-state index contributed by atoms with van der Waals surface area (Å²) in [5.74, 6) is 0.622. The lowest BCUT2D eigenvalue weighted by molar-refractivity contribution is 0.490. The first kappa shape index (κ1) is 26.7. The Morgan fingerprint density at radius 2 is 1.13 bits per heavy atom. The molecule has 0 amide bonds. The average Bonchev–Trinajstić information content (AvgIpc) is 3.37. The van der Waals surface area contributed by atoms with E-state index in [1.165, 1.54) is 44.5 Å². The third-order valence-electron chi connectivity index (χ3n) is 8.91. The summed E-state index contributed by atoms with van der Waals surface area (Å²) in [6.45, 7) is 23.4. The van der Waals surface area contributed by atoms with E-state index in [1.54, 1.807) is 11.1 Å². The molecule has 1 unspecified atom stereocenters. The van der Waals surface area contributed by atoms with E-state index >= 15 is 0 Å². The van der Waals surface area contributed by atoms with Crippen molar-refractivity contribution in [3.8, 4) is 11.1 Å². The Balaban J connectivity index is 1.75. The number of benzene rings is 3. The molecule has 38 heavy (non-hydrogen) atoms. The van der Waals surface area contributed by atoms with Crippen LogP contribution in [0.4, 0.5) is 0 Å². The SMILES string of the molecule is CC1=C(C(c2ccccc2)C2c3ccc(C(C)(C)C)cc3-c3cc(C(C)(C)C)ccc32)CC(C(C)(C)C)=C1. The van der Waals surface area contributed by atoms with E-state index in [2.05, 4.69) is 142 Å². The molecule has 0 N–H and O–H groups in total. The van der Waals surface area contributed by atoms with Gasteiger partial charge >= 0.3 is 0 Å². The van der Waals surface area contributed by atoms with Gasteiger partial charge in [0, 0.05) is 11.8 Å². The van der Waals surface area contributed by atoms with Gasteiger partial charge in [0.25, 0.3) is 0 Å². The first-order chi connectivity index (χ1) is 17.7. The Morgan fingerprint density at radius 3 is 1.55 bits per heavy atom. The van der Waals surface area contributed by atoms with E-state index in [0.717, 1.165) is 6.42 Å². The highest BCUT2D eigenvalue weighted by Gasteiger charge is 2.40. The van der Waals surface area contributed by atoms with Crippen LogP contribution in [0.5, 0.6) is 0 Å². The lowest BCUT2D eigenvalue weighted by Gasteiger charge is -2.31. The van der Waals surface area contributed by atoms with Gasteiger partial charge in [-0.25, -0.2) is 0 Å². The molecule has 0 radical (unpaired) electrons. The van der Waals surface area contributed by atoms with Crippen LogP contribution < -0.4 is 0 Å². The van der Waals surface area contributed by atoms with Gasteiger partial charge in [-0.3, -0.25) is 0 Å². The molecule has 3 aromatic rings. The summed E-state index contributed by atoms with van der Waals surface area (Å²) in [4.78, 5) is 0. The predicted molar refractivity (Wildman–Crippen MR) is 165 cm³/mol. The van der Waals surface area contributed by atoms with Gasteiger partial charge in [0.15, 0.2) is 0 Å². The molecule has 0 nitrogen and oxygen atoms in total. The minimum atomic E-state index is 0.115. The third kappa shape index (κ3) is 4.72. The Bertz CT molecular complexity index is 1360. The van der Waals surface area contributed by atoms with Crippen LogP contribution in [-0.4, -0.2) is 0 Å². The van der Waals surface area contributed by atoms with Crippen molar-refractivity contribution < 1.29 is 0 Å². The first-order valence-electron chi connectivity index (χ1n) is 14.4. The minimum absolute atomic E-state index is 0.115. The molecular formula is C38H46. The molecule has 2 aliphatic rings. The van der Waals surface area contributed by atoms with Gasteiger partial charge in [0.2, 0.25) is 0 Å². The van der Waals surface area contributed by atoms with Gasteiger partial charge in [-0.05, 0) is 68.5 Å². The molecular weight excluding hydrogens is 456 g/mol. The molecule has 0 aromatic heterocycles. The van der Waals surface area contributed by atoms with E-state index in [1.807, 2.05) is 0 Å². The minimum Gasteiger partial charge on any atom is -0.0622 e. The Kier molecular flexibility index (Phi) is 6.41. The highest BCUT2D eigenvalue weighted by molar-refractivity contribution is 5.81. The molecule has 198 valence electrons. The number of fused-ring (bicyclic) bond motifs is 3. The van der Waals surface area contributed by atoms with Crippen LogP contribution in [0.2, 0.25) is 0 Å². The van der Waals surface area contributed by atoms with E-state index in [-0.39, 0.29) is 16.2 Å². The molecule has 3 aromatic carbocycles. The molecule has 0 fully saturated rings. The van der Waals surface area contributed by atoms with Gasteiger partial charge in [-0.1, -0.05) is 152 Å². The van der Waals surface area contributed by atoms with Crippen LogP contribution in [0.1, 0.15) is 115 Å². The standard InChI is InChI=1S/C38H46/c1-24-20-28(38(8,9)10)23-31(24)34(25-14-12-11-13-15-25)35-29-18-16-26(36(2,3)4)21-32(29)33-22-27(37(5,6)7)17-19-30(33)35/h11-22,34-35H,23H2,1-10H3. The van der Waals surface area contributed by atoms with Crippen LogP contribution in [0.25, 0.3) is 11.1 Å². The summed E-state index contributed by atoms with van der Waals surface area (Å²) < 4.78 is 0. The zero-order chi connectivity index (χ0) is 27.6. The van der Waals surface area contributed by atoms with Crippen LogP contribution in [0.3, 0.4) is 0 Å². The summed E-state index contributed by atoms with van der Waals surface area (Å²) in [5, 5.41) is 0. The van der Waals surface area contributed by atoms with Crippen LogP contribution in [0.15, 0.2) is 89.5 Å². The fourth-order valence-electron chi connectivity index (χ4n) is 6.42. The van der Waals surface area contributed by atoms with Crippen molar-refractivity contribution in [2.45, 2.75) is 98.3 Å². The second-order valence-electron chi connectivity index (χ2n) is 14.8. The number of allylic oxidation sites excluding steroid dienone is 4. The van der Waals surface area contributed by atoms with Gasteiger partial charge in [-0.2, -0.15) is 0 Å². The van der Waals surface area contributed by atoms with Crippen molar-refractivity contribution in [3.05, 3.63) is 117 Å². The maximum Gasteiger partial charge on any atom is 0.0208 e. The summed E-state index contributed by atoms with van der Waals surface area (Å²) in [6, 6.07) is 26.0. The molecule has 0 heteroatoms. The maximum absolute atomic E-state index is 2.50. The van der Waals surface area contributed by atoms with Crippen molar-refractivity contribution >= 4 is 0 Å². The highest BCUT2D eigenvalue weighted by atomic mass is 14.4. The smallest absolute Gasteiger partial charge is 0.0208 e. The fourth-order valence-corrected chi connectivity index (χ4v) is 6.42. The zero-order valence-electron chi connectivity index (χ0n) is 25.3. The second-order valence-corrected chi connectivity index (χ2v) is 14.8. The normalized spacial score (nSPS) is 16.9. The first-order valence-corrected chi connectivity index (χ1v) is 14.4. The second kappa shape index (κ2) is 9.11. The maximum atomic E-state index is 2.50. The largest absolute Gasteiger partial charge is 0.0622 e. The van der Waals surface area contributed by atoms with Crippen molar-refractivity contribution in [2.75, 3.05) is 0 Å². The van der Waals surface area contributed by atoms with Crippen LogP contribution in [0, 0.1) is 5.41 Å². The summed E-state index contributed by atoms with van der Waals surface area (Å²) in [5.41, 5.74) is 15.1. The van der Waals surface area contributed by atoms with Gasteiger partial charge < -0.3 is 0 Å². The molecule has 5 rings (SSSR count). The summed E-state index contributed by atoms with van der Waals surface area (Å²) in [6.07, 6.45) is 3.55. The Labute approximate surface area is 231 Å². The predicted octanol–water partition coefficient (Wildman–Crippen LogP) is 10.9. The number of hydrogen-bond acceptors (Lipinski definition) is 0. The van der Waals surface area contributed by atoms with E-state index < -0.39 is 0 Å². The fraction of sp³-hybridized carbons (Fsp3) is 0.421. The lowest BCUT2D eigenvalue weighted by atomic mass is 9.72. The molecule has 2 aliphatic carbocycles. The lowest BCUT2D eigenvalue weighted by Crippen LogP contribution is -2.16. The zero-order valence-corrected chi connectivity index (χ0v) is 25.3. The van der Waals surface area contributed by atoms with E-state index in [0.29, 0.717) is 11.8 Å². The molecule has 0 heterocycles. The van der Waals surface area contributed by atoms with Crippen molar-refractivity contribution in [1.29, 1.82) is 0 Å². The topological polar surface area (TPSA) is 0 Å². The van der Waals surface area contributed by atoms with Crippen molar-refractivity contribution in [2.24, 2.45) is 5.41 Å². The number of rotatable bonds is 3. The Hall–Kier alpha value is -2.86. The summed E-state index contributed by atoms with van der Waals surface area (Å²) in [7, 11) is 0. The molecule has 0 aliphatic heterocycles. The monoisotopic (exact) mass is 502 g/mol. The van der Waals surface area contributed by atoms with Crippen molar-refractivity contribution in [3.63, 3.8) is 0 Å². The average molecular weight is 503 g/mol. The molecule has 0 saturated carbocycles. The third-order valence-corrected chi connectivity index (χ3v) is 8.91. The van der Waals surface area contributed by atoms with Crippen LogP contribution in [-0.2, 0) is 10.8 Å². The Morgan fingerprint density at radius 1 is 0.632 bits per heavy atom.